The zero-order chi connectivity index (χ0) is 18.6. The van der Waals surface area contributed by atoms with Gasteiger partial charge in [-0.15, -0.1) is 0 Å². The van der Waals surface area contributed by atoms with Gasteiger partial charge in [-0.1, -0.05) is 0 Å². The Balaban J connectivity index is 2.36. The number of anilines is 1. The number of benzene rings is 2. The molecule has 0 aliphatic carbocycles. The first-order chi connectivity index (χ1) is 11.9. The molecule has 2 rings (SSSR count). The molecule has 0 aromatic heterocycles. The smallest absolute Gasteiger partial charge is 0.311 e. The summed E-state index contributed by atoms with van der Waals surface area (Å²) in [7, 11) is 1.37. The summed E-state index contributed by atoms with van der Waals surface area (Å²) in [6.45, 7) is 1.94. The van der Waals surface area contributed by atoms with Crippen LogP contribution in [0.3, 0.4) is 0 Å². The fourth-order valence-corrected chi connectivity index (χ4v) is 2.73. The highest BCUT2D eigenvalue weighted by Gasteiger charge is 2.20. The Morgan fingerprint density at radius 1 is 1.36 bits per heavy atom. The van der Waals surface area contributed by atoms with Gasteiger partial charge >= 0.3 is 5.69 Å². The number of nitrogens with zero attached hydrogens (tertiary/aromatic N) is 1. The summed E-state index contributed by atoms with van der Waals surface area (Å²) in [5.74, 6) is -0.937. The molecule has 0 saturated carbocycles. The van der Waals surface area contributed by atoms with Gasteiger partial charge in [-0.3, -0.25) is 14.9 Å². The third kappa shape index (κ3) is 4.24. The summed E-state index contributed by atoms with van der Waals surface area (Å²) >= 11 is 3.14. The fourth-order valence-electron chi connectivity index (χ4n) is 2.13. The predicted octanol–water partition coefficient (Wildman–Crippen LogP) is 4.16. The molecule has 1 N–H and O–H groups in total. The Kier molecular flexibility index (Phi) is 5.92. The number of hydrogen-bond donors (Lipinski definition) is 1. The Morgan fingerprint density at radius 3 is 2.68 bits per heavy atom. The van der Waals surface area contributed by atoms with Crippen molar-refractivity contribution >= 4 is 33.2 Å². The molecular formula is C16H14BrFN2O5. The van der Waals surface area contributed by atoms with Crippen LogP contribution in [0.5, 0.6) is 11.5 Å². The highest BCUT2D eigenvalue weighted by molar-refractivity contribution is 9.10. The van der Waals surface area contributed by atoms with Crippen molar-refractivity contribution < 1.29 is 23.6 Å². The molecule has 132 valence electrons. The number of amides is 1. The molecule has 0 heterocycles. The number of hydrogen-bond acceptors (Lipinski definition) is 5. The highest BCUT2D eigenvalue weighted by atomic mass is 79.9. The van der Waals surface area contributed by atoms with Crippen molar-refractivity contribution in [2.45, 2.75) is 6.92 Å². The lowest BCUT2D eigenvalue weighted by Gasteiger charge is -2.12. The van der Waals surface area contributed by atoms with Gasteiger partial charge in [0.2, 0.25) is 0 Å². The van der Waals surface area contributed by atoms with Crippen LogP contribution in [0, 0.1) is 15.9 Å². The van der Waals surface area contributed by atoms with Crippen LogP contribution in [-0.2, 0) is 0 Å². The Morgan fingerprint density at radius 2 is 2.08 bits per heavy atom. The topological polar surface area (TPSA) is 90.7 Å². The third-order valence-corrected chi connectivity index (χ3v) is 3.77. The maximum Gasteiger partial charge on any atom is 0.311 e. The van der Waals surface area contributed by atoms with Crippen LogP contribution >= 0.6 is 15.9 Å². The van der Waals surface area contributed by atoms with Gasteiger partial charge in [-0.05, 0) is 41.1 Å². The number of carbonyl (C=O) groups is 1. The van der Waals surface area contributed by atoms with E-state index in [0.29, 0.717) is 4.47 Å². The standard InChI is InChI=1S/C16H14BrFN2O5/c1-3-25-14-5-4-9(6-13(14)20(22)23)16(21)19-12-8-10(18)7-11(17)15(12)24-2/h4-8H,3H2,1-2H3,(H,19,21). The normalized spacial score (nSPS) is 10.2. The second-order valence-corrected chi connectivity index (χ2v) is 5.65. The first kappa shape index (κ1) is 18.7. The van der Waals surface area contributed by atoms with E-state index in [4.69, 9.17) is 9.47 Å². The van der Waals surface area contributed by atoms with E-state index >= 15 is 0 Å². The van der Waals surface area contributed by atoms with Gasteiger partial charge in [-0.25, -0.2) is 4.39 Å². The number of halogens is 2. The molecule has 0 aliphatic rings. The number of methoxy groups -OCH3 is 1. The second kappa shape index (κ2) is 7.93. The Labute approximate surface area is 151 Å². The monoisotopic (exact) mass is 412 g/mol. The van der Waals surface area contributed by atoms with Gasteiger partial charge in [0.05, 0.1) is 28.8 Å². The van der Waals surface area contributed by atoms with Gasteiger partial charge in [0, 0.05) is 17.7 Å². The van der Waals surface area contributed by atoms with Crippen molar-refractivity contribution in [3.63, 3.8) is 0 Å². The Hall–Kier alpha value is -2.68. The molecule has 0 atom stereocenters. The molecule has 0 unspecified atom stereocenters. The van der Waals surface area contributed by atoms with Crippen LogP contribution in [-0.4, -0.2) is 24.5 Å². The molecule has 1 amide bonds. The van der Waals surface area contributed by atoms with E-state index in [9.17, 15) is 19.3 Å². The lowest BCUT2D eigenvalue weighted by molar-refractivity contribution is -0.385. The molecule has 7 nitrogen and oxygen atoms in total. The molecule has 2 aromatic carbocycles. The van der Waals surface area contributed by atoms with Crippen molar-refractivity contribution in [1.82, 2.24) is 0 Å². The zero-order valence-electron chi connectivity index (χ0n) is 13.3. The minimum atomic E-state index is -0.651. The lowest BCUT2D eigenvalue weighted by atomic mass is 10.1. The minimum Gasteiger partial charge on any atom is -0.493 e. The molecule has 0 radical (unpaired) electrons. The minimum absolute atomic E-state index is 0.0255. The SMILES string of the molecule is CCOc1ccc(C(=O)Nc2cc(F)cc(Br)c2OC)cc1[N+](=O)[O-]. The number of nitro groups is 1. The quantitative estimate of drug-likeness (QED) is 0.568. The van der Waals surface area contributed by atoms with Gasteiger partial charge in [0.15, 0.2) is 11.5 Å². The van der Waals surface area contributed by atoms with Crippen molar-refractivity contribution in [2.75, 3.05) is 19.0 Å². The van der Waals surface area contributed by atoms with E-state index in [1.54, 1.807) is 6.92 Å². The van der Waals surface area contributed by atoms with Crippen molar-refractivity contribution in [2.24, 2.45) is 0 Å². The van der Waals surface area contributed by atoms with Crippen molar-refractivity contribution in [3.05, 3.63) is 56.3 Å². The van der Waals surface area contributed by atoms with Crippen LogP contribution < -0.4 is 14.8 Å². The Bertz CT molecular complexity index is 828. The first-order valence-electron chi connectivity index (χ1n) is 7.13. The summed E-state index contributed by atoms with van der Waals surface area (Å²) in [5.41, 5.74) is -0.213. The number of nitro benzene ring substituents is 1. The third-order valence-electron chi connectivity index (χ3n) is 3.18. The zero-order valence-corrected chi connectivity index (χ0v) is 14.9. The van der Waals surface area contributed by atoms with Crippen LogP contribution in [0.2, 0.25) is 0 Å². The van der Waals surface area contributed by atoms with E-state index in [0.717, 1.165) is 12.1 Å². The molecule has 0 aliphatic heterocycles. The maximum absolute atomic E-state index is 13.6. The van der Waals surface area contributed by atoms with Crippen LogP contribution in [0.4, 0.5) is 15.8 Å². The van der Waals surface area contributed by atoms with E-state index in [1.807, 2.05) is 0 Å². The molecule has 2 aromatic rings. The molecule has 9 heteroatoms. The molecule has 0 bridgehead atoms. The van der Waals surface area contributed by atoms with E-state index in [2.05, 4.69) is 21.2 Å². The van der Waals surface area contributed by atoms with Crippen LogP contribution in [0.1, 0.15) is 17.3 Å². The first-order valence-corrected chi connectivity index (χ1v) is 7.92. The van der Waals surface area contributed by atoms with Crippen LogP contribution in [0.25, 0.3) is 0 Å². The largest absolute Gasteiger partial charge is 0.493 e. The number of ether oxygens (including phenoxy) is 2. The van der Waals surface area contributed by atoms with Gasteiger partial charge in [0.25, 0.3) is 5.91 Å². The highest BCUT2D eigenvalue weighted by Crippen LogP contribution is 2.35. The number of nitrogens with one attached hydrogen (secondary N) is 1. The molecule has 25 heavy (non-hydrogen) atoms. The van der Waals surface area contributed by atoms with Crippen molar-refractivity contribution in [3.8, 4) is 11.5 Å². The second-order valence-electron chi connectivity index (χ2n) is 4.80. The van der Waals surface area contributed by atoms with Gasteiger partial charge in [-0.2, -0.15) is 0 Å². The summed E-state index contributed by atoms with van der Waals surface area (Å²) < 4.78 is 24.2. The van der Waals surface area contributed by atoms with Crippen molar-refractivity contribution in [1.29, 1.82) is 0 Å². The number of rotatable bonds is 6. The van der Waals surface area contributed by atoms with Gasteiger partial charge < -0.3 is 14.8 Å². The van der Waals surface area contributed by atoms with Crippen LogP contribution in [0.15, 0.2) is 34.8 Å². The van der Waals surface area contributed by atoms with E-state index < -0.39 is 16.6 Å². The average molecular weight is 413 g/mol. The average Bonchev–Trinajstić information content (AvgIpc) is 2.54. The predicted molar refractivity (Wildman–Crippen MR) is 92.9 cm³/mol. The summed E-state index contributed by atoms with van der Waals surface area (Å²) in [6, 6.07) is 6.10. The van der Waals surface area contributed by atoms with E-state index in [-0.39, 0.29) is 35.0 Å². The molecular weight excluding hydrogens is 399 g/mol. The van der Waals surface area contributed by atoms with E-state index in [1.165, 1.54) is 25.3 Å². The molecule has 0 spiro atoms. The number of carbonyl (C=O) groups excluding carboxylic acids is 1. The maximum atomic E-state index is 13.6. The lowest BCUT2D eigenvalue weighted by Crippen LogP contribution is -2.13. The van der Waals surface area contributed by atoms with Gasteiger partial charge in [0.1, 0.15) is 5.82 Å². The summed E-state index contributed by atoms with van der Waals surface area (Å²) in [6.07, 6.45) is 0. The summed E-state index contributed by atoms with van der Waals surface area (Å²) in [5, 5.41) is 13.6. The summed E-state index contributed by atoms with van der Waals surface area (Å²) in [4.78, 5) is 22.9. The molecule has 0 fully saturated rings. The fraction of sp³-hybridized carbons (Fsp3) is 0.188. The molecule has 0 saturated heterocycles.